The molecule has 0 aromatic heterocycles. The fourth-order valence-electron chi connectivity index (χ4n) is 1.90. The Morgan fingerprint density at radius 3 is 2.37 bits per heavy atom. The van der Waals surface area contributed by atoms with Gasteiger partial charge >= 0.3 is 5.97 Å². The fraction of sp³-hybridized carbons (Fsp3) is 0.0625. The molecule has 0 saturated carbocycles. The molecule has 0 aliphatic rings. The molecule has 3 heteroatoms. The van der Waals surface area contributed by atoms with E-state index in [-0.39, 0.29) is 0 Å². The number of carboxylic acid groups (broad SMARTS) is 1. The normalized spacial score (nSPS) is 11.4. The minimum Gasteiger partial charge on any atom is -0.478 e. The van der Waals surface area contributed by atoms with E-state index in [9.17, 15) is 4.79 Å². The summed E-state index contributed by atoms with van der Waals surface area (Å²) in [6.07, 6.45) is 1.22. The van der Waals surface area contributed by atoms with Crippen LogP contribution in [-0.2, 0) is 4.79 Å². The molecule has 0 unspecified atom stereocenters. The Balaban J connectivity index is 2.54. The van der Waals surface area contributed by atoms with Crippen molar-refractivity contribution in [2.24, 2.45) is 0 Å². The first-order valence-electron chi connectivity index (χ1n) is 5.84. The smallest absolute Gasteiger partial charge is 0.328 e. The van der Waals surface area contributed by atoms with Crippen LogP contribution < -0.4 is 0 Å². The van der Waals surface area contributed by atoms with Crippen molar-refractivity contribution in [3.05, 3.63) is 76.3 Å². The molecule has 2 aromatic rings. The topological polar surface area (TPSA) is 37.3 Å². The zero-order valence-electron chi connectivity index (χ0n) is 10.4. The van der Waals surface area contributed by atoms with Gasteiger partial charge < -0.3 is 5.11 Å². The van der Waals surface area contributed by atoms with Crippen LogP contribution in [-0.4, -0.2) is 11.1 Å². The molecule has 2 rings (SSSR count). The monoisotopic (exact) mass is 272 g/mol. The quantitative estimate of drug-likeness (QED) is 0.852. The summed E-state index contributed by atoms with van der Waals surface area (Å²) in [6.45, 7) is 1.98. The van der Waals surface area contributed by atoms with E-state index in [1.54, 1.807) is 12.1 Å². The molecule has 96 valence electrons. The molecule has 0 spiro atoms. The van der Waals surface area contributed by atoms with Gasteiger partial charge in [0.2, 0.25) is 0 Å². The lowest BCUT2D eigenvalue weighted by Gasteiger charge is -2.08. The maximum Gasteiger partial charge on any atom is 0.328 e. The number of carboxylic acids is 1. The third-order valence-electron chi connectivity index (χ3n) is 2.75. The summed E-state index contributed by atoms with van der Waals surface area (Å²) in [7, 11) is 0. The summed E-state index contributed by atoms with van der Waals surface area (Å²) in [5.74, 6) is -0.966. The lowest BCUT2D eigenvalue weighted by atomic mass is 9.96. The van der Waals surface area contributed by atoms with Crippen molar-refractivity contribution in [1.82, 2.24) is 0 Å². The van der Waals surface area contributed by atoms with E-state index in [4.69, 9.17) is 16.7 Å². The summed E-state index contributed by atoms with van der Waals surface area (Å²) < 4.78 is 0. The molecule has 0 radical (unpaired) electrons. The van der Waals surface area contributed by atoms with E-state index in [2.05, 4.69) is 0 Å². The van der Waals surface area contributed by atoms with Crippen molar-refractivity contribution in [1.29, 1.82) is 0 Å². The first kappa shape index (κ1) is 13.4. The summed E-state index contributed by atoms with van der Waals surface area (Å²) in [5, 5.41) is 9.66. The molecule has 0 heterocycles. The van der Waals surface area contributed by atoms with Crippen LogP contribution in [0.2, 0.25) is 5.02 Å². The summed E-state index contributed by atoms with van der Waals surface area (Å²) in [5.41, 5.74) is 3.47. The van der Waals surface area contributed by atoms with Gasteiger partial charge in [0.1, 0.15) is 0 Å². The highest BCUT2D eigenvalue weighted by atomic mass is 35.5. The van der Waals surface area contributed by atoms with Gasteiger partial charge in [-0.1, -0.05) is 53.6 Å². The highest BCUT2D eigenvalue weighted by Crippen LogP contribution is 2.25. The van der Waals surface area contributed by atoms with Crippen LogP contribution in [0.5, 0.6) is 0 Å². The van der Waals surface area contributed by atoms with E-state index in [0.29, 0.717) is 10.6 Å². The third-order valence-corrected chi connectivity index (χ3v) is 3.00. The molecular formula is C16H13ClO2. The average molecular weight is 273 g/mol. The Kier molecular flexibility index (Phi) is 4.03. The van der Waals surface area contributed by atoms with Gasteiger partial charge in [0, 0.05) is 11.1 Å². The van der Waals surface area contributed by atoms with E-state index >= 15 is 0 Å². The van der Waals surface area contributed by atoms with Crippen LogP contribution in [0.3, 0.4) is 0 Å². The lowest BCUT2D eigenvalue weighted by molar-refractivity contribution is -0.131. The minimum atomic E-state index is -0.966. The molecule has 0 atom stereocenters. The SMILES string of the molecule is Cc1cccc(/C(=C\C(=O)O)c2ccc(Cl)cc2)c1. The Hall–Kier alpha value is -2.06. The Bertz CT molecular complexity index is 627. The maximum atomic E-state index is 11.0. The van der Waals surface area contributed by atoms with Crippen LogP contribution in [0.15, 0.2) is 54.6 Å². The number of rotatable bonds is 3. The Labute approximate surface area is 117 Å². The summed E-state index contributed by atoms with van der Waals surface area (Å²) in [6, 6.07) is 14.9. The van der Waals surface area contributed by atoms with Crippen LogP contribution in [0, 0.1) is 6.92 Å². The van der Waals surface area contributed by atoms with Crippen LogP contribution >= 0.6 is 11.6 Å². The predicted octanol–water partition coefficient (Wildman–Crippen LogP) is 4.16. The number of halogens is 1. The molecule has 2 aromatic carbocycles. The largest absolute Gasteiger partial charge is 0.478 e. The van der Waals surface area contributed by atoms with E-state index in [1.807, 2.05) is 43.3 Å². The van der Waals surface area contributed by atoms with Crippen molar-refractivity contribution in [3.8, 4) is 0 Å². The van der Waals surface area contributed by atoms with Crippen molar-refractivity contribution < 1.29 is 9.90 Å². The van der Waals surface area contributed by atoms with Crippen molar-refractivity contribution >= 4 is 23.1 Å². The average Bonchev–Trinajstić information content (AvgIpc) is 2.37. The van der Waals surface area contributed by atoms with Crippen LogP contribution in [0.4, 0.5) is 0 Å². The number of aryl methyl sites for hydroxylation is 1. The molecule has 0 bridgehead atoms. The Morgan fingerprint density at radius 2 is 1.79 bits per heavy atom. The number of hydrogen-bond donors (Lipinski definition) is 1. The van der Waals surface area contributed by atoms with Gasteiger partial charge in [-0.15, -0.1) is 0 Å². The van der Waals surface area contributed by atoms with Gasteiger partial charge in [0.25, 0.3) is 0 Å². The number of aliphatic carboxylic acids is 1. The molecular weight excluding hydrogens is 260 g/mol. The van der Waals surface area contributed by atoms with E-state index < -0.39 is 5.97 Å². The predicted molar refractivity (Wildman–Crippen MR) is 77.3 cm³/mol. The zero-order valence-corrected chi connectivity index (χ0v) is 11.2. The first-order chi connectivity index (χ1) is 9.06. The van der Waals surface area contributed by atoms with Crippen LogP contribution in [0.25, 0.3) is 5.57 Å². The molecule has 1 N–H and O–H groups in total. The second kappa shape index (κ2) is 5.72. The third kappa shape index (κ3) is 3.46. The molecule has 0 fully saturated rings. The molecule has 0 aliphatic carbocycles. The highest BCUT2D eigenvalue weighted by Gasteiger charge is 2.07. The number of hydrogen-bond acceptors (Lipinski definition) is 1. The second-order valence-electron chi connectivity index (χ2n) is 4.27. The van der Waals surface area contributed by atoms with Gasteiger partial charge in [0.05, 0.1) is 0 Å². The van der Waals surface area contributed by atoms with Gasteiger partial charge in [-0.25, -0.2) is 4.79 Å². The standard InChI is InChI=1S/C16H13ClO2/c1-11-3-2-4-13(9-11)15(10-16(18)19)12-5-7-14(17)8-6-12/h2-10H,1H3,(H,18,19)/b15-10-. The lowest BCUT2D eigenvalue weighted by Crippen LogP contribution is -1.95. The minimum absolute atomic E-state index is 0.627. The molecule has 2 nitrogen and oxygen atoms in total. The van der Waals surface area contributed by atoms with Crippen molar-refractivity contribution in [2.45, 2.75) is 6.92 Å². The Morgan fingerprint density at radius 1 is 1.11 bits per heavy atom. The first-order valence-corrected chi connectivity index (χ1v) is 6.21. The van der Waals surface area contributed by atoms with E-state index in [0.717, 1.165) is 16.7 Å². The summed E-state index contributed by atoms with van der Waals surface area (Å²) >= 11 is 5.86. The van der Waals surface area contributed by atoms with Crippen molar-refractivity contribution in [2.75, 3.05) is 0 Å². The van der Waals surface area contributed by atoms with Gasteiger partial charge in [-0.05, 0) is 35.8 Å². The van der Waals surface area contributed by atoms with Gasteiger partial charge in [-0.2, -0.15) is 0 Å². The van der Waals surface area contributed by atoms with Gasteiger partial charge in [0.15, 0.2) is 0 Å². The van der Waals surface area contributed by atoms with E-state index in [1.165, 1.54) is 6.08 Å². The van der Waals surface area contributed by atoms with Crippen LogP contribution in [0.1, 0.15) is 16.7 Å². The number of carbonyl (C=O) groups is 1. The fourth-order valence-corrected chi connectivity index (χ4v) is 2.02. The molecule has 0 saturated heterocycles. The maximum absolute atomic E-state index is 11.0. The molecule has 19 heavy (non-hydrogen) atoms. The zero-order chi connectivity index (χ0) is 13.8. The van der Waals surface area contributed by atoms with Gasteiger partial charge in [-0.3, -0.25) is 0 Å². The highest BCUT2D eigenvalue weighted by molar-refractivity contribution is 6.30. The molecule has 0 amide bonds. The number of benzene rings is 2. The summed E-state index contributed by atoms with van der Waals surface area (Å²) in [4.78, 5) is 11.0. The van der Waals surface area contributed by atoms with Crippen molar-refractivity contribution in [3.63, 3.8) is 0 Å². The molecule has 0 aliphatic heterocycles. The second-order valence-corrected chi connectivity index (χ2v) is 4.71.